The molecule has 0 radical (unpaired) electrons. The summed E-state index contributed by atoms with van der Waals surface area (Å²) in [5.41, 5.74) is 0. The third-order valence-electron chi connectivity index (χ3n) is 3.79. The van der Waals surface area contributed by atoms with E-state index in [1.807, 2.05) is 0 Å². The van der Waals surface area contributed by atoms with Crippen molar-refractivity contribution in [3.8, 4) is 0 Å². The Morgan fingerprint density at radius 2 is 1.78 bits per heavy atom. The number of nitrogens with one attached hydrogen (secondary N) is 1. The third kappa shape index (κ3) is 6.63. The Labute approximate surface area is 117 Å². The molecule has 2 unspecified atom stereocenters. The van der Waals surface area contributed by atoms with E-state index in [1.54, 1.807) is 0 Å². The Bertz CT molecular complexity index is 233. The average molecular weight is 274 g/mol. The number of carbonyl (C=O) groups excluding carboxylic acids is 1. The zero-order valence-electron chi connectivity index (χ0n) is 11.7. The van der Waals surface area contributed by atoms with Crippen molar-refractivity contribution < 1.29 is 4.79 Å². The summed E-state index contributed by atoms with van der Waals surface area (Å²) in [6.07, 6.45) is 12.6. The van der Waals surface area contributed by atoms with Crippen LogP contribution in [0.1, 0.15) is 77.6 Å². The molecule has 1 fully saturated rings. The summed E-state index contributed by atoms with van der Waals surface area (Å²) >= 11 is 6.23. The van der Waals surface area contributed by atoms with Crippen LogP contribution in [0.5, 0.6) is 0 Å². The van der Waals surface area contributed by atoms with Gasteiger partial charge in [-0.05, 0) is 19.3 Å². The smallest absolute Gasteiger partial charge is 0.220 e. The molecular weight excluding hydrogens is 246 g/mol. The topological polar surface area (TPSA) is 29.1 Å². The molecule has 3 heteroatoms. The quantitative estimate of drug-likeness (QED) is 0.515. The SMILES string of the molecule is CCCCCCCCC(=O)NC1CCCCC1Cl. The average Bonchev–Trinajstić information content (AvgIpc) is 2.36. The largest absolute Gasteiger partial charge is 0.352 e. The van der Waals surface area contributed by atoms with Crippen LogP contribution in [0.3, 0.4) is 0 Å². The summed E-state index contributed by atoms with van der Waals surface area (Å²) in [5.74, 6) is 0.197. The number of carbonyl (C=O) groups is 1. The second kappa shape index (κ2) is 9.66. The van der Waals surface area contributed by atoms with Gasteiger partial charge in [-0.3, -0.25) is 4.79 Å². The highest BCUT2D eigenvalue weighted by atomic mass is 35.5. The van der Waals surface area contributed by atoms with Crippen LogP contribution in [0.4, 0.5) is 0 Å². The minimum atomic E-state index is 0.146. The summed E-state index contributed by atoms with van der Waals surface area (Å²) < 4.78 is 0. The van der Waals surface area contributed by atoms with Crippen molar-refractivity contribution >= 4 is 17.5 Å². The van der Waals surface area contributed by atoms with E-state index in [9.17, 15) is 4.79 Å². The summed E-state index contributed by atoms with van der Waals surface area (Å²) in [6, 6.07) is 0.216. The number of halogens is 1. The van der Waals surface area contributed by atoms with E-state index >= 15 is 0 Å². The Morgan fingerprint density at radius 3 is 2.50 bits per heavy atom. The van der Waals surface area contributed by atoms with E-state index in [4.69, 9.17) is 11.6 Å². The molecule has 2 nitrogen and oxygen atoms in total. The second-order valence-electron chi connectivity index (χ2n) is 5.49. The fourth-order valence-corrected chi connectivity index (χ4v) is 2.94. The molecule has 1 N–H and O–H groups in total. The standard InChI is InChI=1S/C15H28ClNO/c1-2-3-4-5-6-7-12-15(18)17-14-11-9-8-10-13(14)16/h13-14H,2-12H2,1H3,(H,17,18). The van der Waals surface area contributed by atoms with Crippen LogP contribution in [0.25, 0.3) is 0 Å². The molecule has 1 aliphatic rings. The predicted molar refractivity (Wildman–Crippen MR) is 78.0 cm³/mol. The molecule has 0 bridgehead atoms. The van der Waals surface area contributed by atoms with Gasteiger partial charge in [-0.1, -0.05) is 51.9 Å². The number of hydrogen-bond acceptors (Lipinski definition) is 1. The van der Waals surface area contributed by atoms with Crippen LogP contribution in [0, 0.1) is 0 Å². The van der Waals surface area contributed by atoms with Crippen molar-refractivity contribution in [2.24, 2.45) is 0 Å². The van der Waals surface area contributed by atoms with Gasteiger partial charge >= 0.3 is 0 Å². The number of amides is 1. The molecule has 1 aliphatic carbocycles. The van der Waals surface area contributed by atoms with Crippen LogP contribution in [-0.4, -0.2) is 17.3 Å². The number of unbranched alkanes of at least 4 members (excludes halogenated alkanes) is 5. The fourth-order valence-electron chi connectivity index (χ4n) is 2.59. The molecular formula is C15H28ClNO. The molecule has 0 heterocycles. The van der Waals surface area contributed by atoms with Crippen LogP contribution < -0.4 is 5.32 Å². The van der Waals surface area contributed by atoms with Crippen LogP contribution in [0.2, 0.25) is 0 Å². The van der Waals surface area contributed by atoms with E-state index in [0.717, 1.165) is 19.3 Å². The van der Waals surface area contributed by atoms with Crippen molar-refractivity contribution in [3.63, 3.8) is 0 Å². The lowest BCUT2D eigenvalue weighted by atomic mass is 9.95. The first-order chi connectivity index (χ1) is 8.74. The minimum Gasteiger partial charge on any atom is -0.352 e. The van der Waals surface area contributed by atoms with Crippen molar-refractivity contribution in [2.45, 2.75) is 89.0 Å². The normalized spacial score (nSPS) is 23.9. The van der Waals surface area contributed by atoms with Gasteiger partial charge < -0.3 is 5.32 Å². The molecule has 0 aliphatic heterocycles. The van der Waals surface area contributed by atoms with Gasteiger partial charge in [0.15, 0.2) is 0 Å². The van der Waals surface area contributed by atoms with E-state index in [2.05, 4.69) is 12.2 Å². The molecule has 1 amide bonds. The Morgan fingerprint density at radius 1 is 1.11 bits per heavy atom. The van der Waals surface area contributed by atoms with Gasteiger partial charge in [-0.15, -0.1) is 11.6 Å². The van der Waals surface area contributed by atoms with Gasteiger partial charge in [0, 0.05) is 12.5 Å². The maximum atomic E-state index is 11.8. The number of hydrogen-bond donors (Lipinski definition) is 1. The number of alkyl halides is 1. The first-order valence-corrected chi connectivity index (χ1v) is 8.11. The molecule has 0 aromatic rings. The lowest BCUT2D eigenvalue weighted by molar-refractivity contribution is -0.122. The molecule has 0 aromatic carbocycles. The summed E-state index contributed by atoms with van der Waals surface area (Å²) in [7, 11) is 0. The van der Waals surface area contributed by atoms with Crippen molar-refractivity contribution in [3.05, 3.63) is 0 Å². The first-order valence-electron chi connectivity index (χ1n) is 7.67. The van der Waals surface area contributed by atoms with Crippen molar-refractivity contribution in [1.29, 1.82) is 0 Å². The third-order valence-corrected chi connectivity index (χ3v) is 4.31. The molecule has 0 aromatic heterocycles. The van der Waals surface area contributed by atoms with Gasteiger partial charge in [-0.2, -0.15) is 0 Å². The highest BCUT2D eigenvalue weighted by molar-refractivity contribution is 6.21. The van der Waals surface area contributed by atoms with Crippen LogP contribution in [0.15, 0.2) is 0 Å². The molecule has 106 valence electrons. The monoisotopic (exact) mass is 273 g/mol. The zero-order chi connectivity index (χ0) is 13.2. The van der Waals surface area contributed by atoms with E-state index in [0.29, 0.717) is 6.42 Å². The van der Waals surface area contributed by atoms with E-state index < -0.39 is 0 Å². The van der Waals surface area contributed by atoms with Gasteiger partial charge in [-0.25, -0.2) is 0 Å². The fraction of sp³-hybridized carbons (Fsp3) is 0.933. The number of rotatable bonds is 8. The van der Waals surface area contributed by atoms with Gasteiger partial charge in [0.05, 0.1) is 5.38 Å². The van der Waals surface area contributed by atoms with Crippen molar-refractivity contribution in [1.82, 2.24) is 5.32 Å². The molecule has 0 spiro atoms. The van der Waals surface area contributed by atoms with Gasteiger partial charge in [0.2, 0.25) is 5.91 Å². The molecule has 0 saturated heterocycles. The maximum Gasteiger partial charge on any atom is 0.220 e. The van der Waals surface area contributed by atoms with Crippen LogP contribution in [-0.2, 0) is 4.79 Å². The molecule has 1 saturated carbocycles. The Kier molecular flexibility index (Phi) is 8.49. The lowest BCUT2D eigenvalue weighted by Crippen LogP contribution is -2.42. The molecule has 18 heavy (non-hydrogen) atoms. The van der Waals surface area contributed by atoms with E-state index in [-0.39, 0.29) is 17.3 Å². The highest BCUT2D eigenvalue weighted by Gasteiger charge is 2.24. The zero-order valence-corrected chi connectivity index (χ0v) is 12.5. The molecule has 2 atom stereocenters. The first kappa shape index (κ1) is 15.8. The van der Waals surface area contributed by atoms with Crippen molar-refractivity contribution in [2.75, 3.05) is 0 Å². The summed E-state index contributed by atoms with van der Waals surface area (Å²) in [5, 5.41) is 3.25. The van der Waals surface area contributed by atoms with Crippen LogP contribution >= 0.6 is 11.6 Å². The summed E-state index contributed by atoms with van der Waals surface area (Å²) in [4.78, 5) is 11.8. The Balaban J connectivity index is 2.02. The maximum absolute atomic E-state index is 11.8. The highest BCUT2D eigenvalue weighted by Crippen LogP contribution is 2.23. The Hall–Kier alpha value is -0.240. The second-order valence-corrected chi connectivity index (χ2v) is 6.05. The van der Waals surface area contributed by atoms with Gasteiger partial charge in [0.25, 0.3) is 0 Å². The van der Waals surface area contributed by atoms with Gasteiger partial charge in [0.1, 0.15) is 0 Å². The predicted octanol–water partition coefficient (Wildman–Crippen LogP) is 4.40. The summed E-state index contributed by atoms with van der Waals surface area (Å²) in [6.45, 7) is 2.22. The lowest BCUT2D eigenvalue weighted by Gasteiger charge is -2.27. The van der Waals surface area contributed by atoms with E-state index in [1.165, 1.54) is 44.9 Å². The minimum absolute atomic E-state index is 0.146. The molecule has 1 rings (SSSR count).